The molecule has 0 aliphatic rings. The van der Waals surface area contributed by atoms with Crippen molar-refractivity contribution < 1.29 is 51.8 Å². The molecule has 0 bridgehead atoms. The topological polar surface area (TPSA) is 102 Å². The summed E-state index contributed by atoms with van der Waals surface area (Å²) in [7, 11) is -0.0414. The van der Waals surface area contributed by atoms with E-state index >= 15 is 0 Å². The van der Waals surface area contributed by atoms with Gasteiger partial charge >= 0.3 is 0 Å². The minimum Gasteiger partial charge on any atom is -0.414 e. The second-order valence-corrected chi connectivity index (χ2v) is 14.9. The van der Waals surface area contributed by atoms with E-state index in [1.165, 1.54) is 0 Å². The van der Waals surface area contributed by atoms with Crippen molar-refractivity contribution in [1.82, 2.24) is 0 Å². The molecule has 0 spiro atoms. The first kappa shape index (κ1) is 38.8. The lowest BCUT2D eigenvalue weighted by molar-refractivity contribution is -0.0262. The minimum absolute atomic E-state index is 0.222. The van der Waals surface area contributed by atoms with Crippen LogP contribution in [0.5, 0.6) is 0 Å². The van der Waals surface area contributed by atoms with Crippen molar-refractivity contribution in [3.05, 3.63) is 0 Å². The number of ether oxygens (including phenoxy) is 10. The van der Waals surface area contributed by atoms with Crippen LogP contribution in [-0.4, -0.2) is 148 Å². The molecule has 0 amide bonds. The van der Waals surface area contributed by atoms with E-state index in [0.29, 0.717) is 132 Å². The van der Waals surface area contributed by atoms with Crippen molar-refractivity contribution in [2.45, 2.75) is 38.9 Å². The van der Waals surface area contributed by atoms with Crippen molar-refractivity contribution in [1.29, 1.82) is 0 Å². The van der Waals surface area contributed by atoms with Gasteiger partial charge in [-0.05, 0) is 18.1 Å². The normalized spacial score (nSPS) is 12.5. The molecule has 0 aliphatic heterocycles. The summed E-state index contributed by atoms with van der Waals surface area (Å²) in [6, 6.07) is 0. The molecule has 39 heavy (non-hydrogen) atoms. The number of hydrogen-bond acceptors (Lipinski definition) is 11. The monoisotopic (exact) mass is 586 g/mol. The van der Waals surface area contributed by atoms with E-state index in [0.717, 1.165) is 0 Å². The van der Waals surface area contributed by atoms with Gasteiger partial charge in [-0.15, -0.1) is 0 Å². The van der Waals surface area contributed by atoms with E-state index in [9.17, 15) is 0 Å². The van der Waals surface area contributed by atoms with Crippen LogP contribution in [0.4, 0.5) is 0 Å². The van der Waals surface area contributed by atoms with E-state index in [1.807, 2.05) is 0 Å². The first-order chi connectivity index (χ1) is 18.8. The summed E-state index contributed by atoms with van der Waals surface area (Å²) in [6.45, 7) is 22.2. The Kier molecular flexibility index (Phi) is 27.8. The fourth-order valence-corrected chi connectivity index (χ4v) is 3.60. The summed E-state index contributed by atoms with van der Waals surface area (Å²) in [5, 5.41) is 0.222. The zero-order valence-electron chi connectivity index (χ0n) is 25.6. The lowest BCUT2D eigenvalue weighted by Gasteiger charge is -2.36. The van der Waals surface area contributed by atoms with Gasteiger partial charge in [0, 0.05) is 7.11 Å². The average Bonchev–Trinajstić information content (AvgIpc) is 2.89. The summed E-state index contributed by atoms with van der Waals surface area (Å²) in [5.41, 5.74) is 0. The highest BCUT2D eigenvalue weighted by atomic mass is 28.4. The number of rotatable bonds is 31. The smallest absolute Gasteiger partial charge is 0.192 e. The van der Waals surface area contributed by atoms with Gasteiger partial charge < -0.3 is 51.8 Å². The van der Waals surface area contributed by atoms with E-state index in [2.05, 4.69) is 33.9 Å². The third kappa shape index (κ3) is 27.7. The molecule has 0 aromatic heterocycles. The molecule has 0 aromatic carbocycles. The van der Waals surface area contributed by atoms with Crippen molar-refractivity contribution in [3.8, 4) is 0 Å². The highest BCUT2D eigenvalue weighted by molar-refractivity contribution is 6.74. The predicted molar refractivity (Wildman–Crippen MR) is 152 cm³/mol. The molecule has 0 aromatic rings. The standard InChI is InChI=1S/C27H58O11Si/c1-27(2,3)39(5,6)38-26-25-37-24-23-36-22-21-35-20-19-34-18-17-33-16-15-32-14-13-31-12-11-30-10-9-29-8-7-28-4/h7-26H2,1-6H3. The van der Waals surface area contributed by atoms with Crippen LogP contribution in [0.25, 0.3) is 0 Å². The third-order valence-corrected chi connectivity index (χ3v) is 10.4. The van der Waals surface area contributed by atoms with Crippen LogP contribution in [0.1, 0.15) is 20.8 Å². The second-order valence-electron chi connectivity index (χ2n) is 10.1. The molecule has 0 saturated heterocycles. The minimum atomic E-state index is -1.69. The maximum Gasteiger partial charge on any atom is 0.192 e. The Morgan fingerprint density at radius 1 is 0.359 bits per heavy atom. The molecule has 0 heterocycles. The van der Waals surface area contributed by atoms with Crippen molar-refractivity contribution in [2.75, 3.05) is 139 Å². The van der Waals surface area contributed by atoms with Crippen LogP contribution >= 0.6 is 0 Å². The Balaban J connectivity index is 3.13. The summed E-state index contributed by atoms with van der Waals surface area (Å²) in [4.78, 5) is 0. The molecule has 0 rings (SSSR count). The molecule has 0 unspecified atom stereocenters. The highest BCUT2D eigenvalue weighted by Crippen LogP contribution is 2.36. The summed E-state index contributed by atoms with van der Waals surface area (Å²) in [5.74, 6) is 0. The van der Waals surface area contributed by atoms with E-state index in [4.69, 9.17) is 51.8 Å². The molecule has 0 saturated carbocycles. The van der Waals surface area contributed by atoms with Gasteiger partial charge in [-0.1, -0.05) is 20.8 Å². The Hall–Kier alpha value is -0.223. The molecule has 11 nitrogen and oxygen atoms in total. The van der Waals surface area contributed by atoms with Gasteiger partial charge in [0.1, 0.15) is 0 Å². The van der Waals surface area contributed by atoms with E-state index in [1.54, 1.807) is 7.11 Å². The molecule has 236 valence electrons. The fraction of sp³-hybridized carbons (Fsp3) is 1.00. The van der Waals surface area contributed by atoms with Gasteiger partial charge in [-0.25, -0.2) is 0 Å². The Bertz CT molecular complexity index is 493. The van der Waals surface area contributed by atoms with Crippen molar-refractivity contribution in [3.63, 3.8) is 0 Å². The molecule has 0 fully saturated rings. The Labute approximate surface area is 238 Å². The zero-order chi connectivity index (χ0) is 28.9. The van der Waals surface area contributed by atoms with Crippen LogP contribution in [0.3, 0.4) is 0 Å². The zero-order valence-corrected chi connectivity index (χ0v) is 26.6. The van der Waals surface area contributed by atoms with E-state index in [-0.39, 0.29) is 5.04 Å². The highest BCUT2D eigenvalue weighted by Gasteiger charge is 2.36. The molecule has 0 N–H and O–H groups in total. The molecular weight excluding hydrogens is 528 g/mol. The summed E-state index contributed by atoms with van der Waals surface area (Å²) < 4.78 is 60.1. The molecule has 12 heteroatoms. The lowest BCUT2D eigenvalue weighted by atomic mass is 10.2. The first-order valence-corrected chi connectivity index (χ1v) is 17.0. The summed E-state index contributed by atoms with van der Waals surface area (Å²) >= 11 is 0. The number of hydrogen-bond donors (Lipinski definition) is 0. The van der Waals surface area contributed by atoms with Gasteiger partial charge in [0.05, 0.1) is 132 Å². The molecule has 0 radical (unpaired) electrons. The van der Waals surface area contributed by atoms with Gasteiger partial charge in [0.25, 0.3) is 0 Å². The van der Waals surface area contributed by atoms with Gasteiger partial charge in [0.2, 0.25) is 0 Å². The first-order valence-electron chi connectivity index (χ1n) is 14.1. The van der Waals surface area contributed by atoms with Crippen LogP contribution in [0.15, 0.2) is 0 Å². The Morgan fingerprint density at radius 2 is 0.564 bits per heavy atom. The number of methoxy groups -OCH3 is 1. The van der Waals surface area contributed by atoms with Crippen LogP contribution in [0, 0.1) is 0 Å². The summed E-state index contributed by atoms with van der Waals surface area (Å²) in [6.07, 6.45) is 0. The van der Waals surface area contributed by atoms with Gasteiger partial charge in [0.15, 0.2) is 8.32 Å². The average molecular weight is 587 g/mol. The van der Waals surface area contributed by atoms with Gasteiger partial charge in [-0.2, -0.15) is 0 Å². The quantitative estimate of drug-likeness (QED) is 0.0885. The van der Waals surface area contributed by atoms with Crippen LogP contribution in [0.2, 0.25) is 18.1 Å². The van der Waals surface area contributed by atoms with Gasteiger partial charge in [-0.3, -0.25) is 0 Å². The Morgan fingerprint density at radius 3 is 0.769 bits per heavy atom. The fourth-order valence-electron chi connectivity index (χ4n) is 2.58. The van der Waals surface area contributed by atoms with E-state index < -0.39 is 8.32 Å². The molecule has 0 aliphatic carbocycles. The molecular formula is C27H58O11Si. The molecule has 0 atom stereocenters. The van der Waals surface area contributed by atoms with Crippen molar-refractivity contribution >= 4 is 8.32 Å². The van der Waals surface area contributed by atoms with Crippen molar-refractivity contribution in [2.24, 2.45) is 0 Å². The van der Waals surface area contributed by atoms with Crippen LogP contribution in [-0.2, 0) is 51.8 Å². The lowest BCUT2D eigenvalue weighted by Crippen LogP contribution is -2.41. The largest absolute Gasteiger partial charge is 0.414 e. The third-order valence-electron chi connectivity index (χ3n) is 5.90. The SMILES string of the molecule is COCCOCCOCCOCCOCCOCCOCCOCCOCCOCCO[Si](C)(C)C(C)(C)C. The maximum absolute atomic E-state index is 6.07. The predicted octanol–water partition coefficient (Wildman–Crippen LogP) is 2.80. The maximum atomic E-state index is 6.07. The van der Waals surface area contributed by atoms with Crippen LogP contribution < -0.4 is 0 Å². The second kappa shape index (κ2) is 27.9.